The van der Waals surface area contributed by atoms with E-state index in [0.29, 0.717) is 23.6 Å². The zero-order chi connectivity index (χ0) is 18.5. The number of methoxy groups -OCH3 is 2. The smallest absolute Gasteiger partial charge is 0.251 e. The molecule has 0 aromatic heterocycles. The summed E-state index contributed by atoms with van der Waals surface area (Å²) >= 11 is 0. The highest BCUT2D eigenvalue weighted by molar-refractivity contribution is 5.94. The van der Waals surface area contributed by atoms with Crippen LogP contribution in [0.4, 0.5) is 0 Å². The van der Waals surface area contributed by atoms with Crippen molar-refractivity contribution in [2.75, 3.05) is 27.3 Å². The molecule has 0 bridgehead atoms. The Balaban J connectivity index is 1.58. The summed E-state index contributed by atoms with van der Waals surface area (Å²) in [6.07, 6.45) is 1.06. The third-order valence-corrected chi connectivity index (χ3v) is 4.99. The molecule has 1 heterocycles. The summed E-state index contributed by atoms with van der Waals surface area (Å²) in [6.45, 7) is 4.71. The van der Waals surface area contributed by atoms with Crippen LogP contribution in [0.1, 0.15) is 28.4 Å². The van der Waals surface area contributed by atoms with Gasteiger partial charge < -0.3 is 14.8 Å². The van der Waals surface area contributed by atoms with Crippen LogP contribution in [0, 0.1) is 0 Å². The van der Waals surface area contributed by atoms with Crippen molar-refractivity contribution in [3.05, 3.63) is 59.2 Å². The van der Waals surface area contributed by atoms with Gasteiger partial charge in [0.05, 0.1) is 14.2 Å². The van der Waals surface area contributed by atoms with Gasteiger partial charge in [0, 0.05) is 31.2 Å². The van der Waals surface area contributed by atoms with E-state index in [1.807, 2.05) is 0 Å². The minimum Gasteiger partial charge on any atom is -0.493 e. The van der Waals surface area contributed by atoms with E-state index in [0.717, 1.165) is 19.5 Å². The monoisotopic (exact) mass is 354 g/mol. The van der Waals surface area contributed by atoms with Crippen molar-refractivity contribution in [3.8, 4) is 11.5 Å². The average molecular weight is 354 g/mol. The molecule has 138 valence electrons. The van der Waals surface area contributed by atoms with Gasteiger partial charge >= 0.3 is 0 Å². The Morgan fingerprint density at radius 1 is 1.12 bits per heavy atom. The molecule has 1 aliphatic rings. The van der Waals surface area contributed by atoms with Crippen LogP contribution >= 0.6 is 0 Å². The van der Waals surface area contributed by atoms with Crippen molar-refractivity contribution in [3.63, 3.8) is 0 Å². The average Bonchev–Trinajstić information content (AvgIpc) is 2.70. The molecule has 1 aliphatic heterocycles. The zero-order valence-corrected chi connectivity index (χ0v) is 15.6. The largest absolute Gasteiger partial charge is 0.493 e. The van der Waals surface area contributed by atoms with Gasteiger partial charge in [0.1, 0.15) is 0 Å². The number of hydrogen-bond donors (Lipinski definition) is 1. The molecule has 0 radical (unpaired) electrons. The van der Waals surface area contributed by atoms with Crippen LogP contribution in [0.25, 0.3) is 0 Å². The summed E-state index contributed by atoms with van der Waals surface area (Å²) in [4.78, 5) is 14.9. The molecule has 5 heteroatoms. The van der Waals surface area contributed by atoms with Crippen molar-refractivity contribution < 1.29 is 14.3 Å². The molecular weight excluding hydrogens is 328 g/mol. The Bertz CT molecular complexity index is 776. The Labute approximate surface area is 154 Å². The van der Waals surface area contributed by atoms with Crippen molar-refractivity contribution in [2.45, 2.75) is 25.9 Å². The number of fused-ring (bicyclic) bond motifs is 1. The summed E-state index contributed by atoms with van der Waals surface area (Å²) in [5.41, 5.74) is 3.39. The lowest BCUT2D eigenvalue weighted by Crippen LogP contribution is -2.44. The highest BCUT2D eigenvalue weighted by Crippen LogP contribution is 2.27. The van der Waals surface area contributed by atoms with Gasteiger partial charge in [-0.2, -0.15) is 0 Å². The second kappa shape index (κ2) is 8.23. The van der Waals surface area contributed by atoms with Gasteiger partial charge in [-0.1, -0.05) is 24.3 Å². The maximum atomic E-state index is 12.5. The van der Waals surface area contributed by atoms with Crippen LogP contribution in [-0.2, 0) is 13.0 Å². The fourth-order valence-corrected chi connectivity index (χ4v) is 3.34. The van der Waals surface area contributed by atoms with Gasteiger partial charge in [0.25, 0.3) is 5.91 Å². The van der Waals surface area contributed by atoms with Crippen molar-refractivity contribution in [1.82, 2.24) is 10.2 Å². The third kappa shape index (κ3) is 3.99. The maximum absolute atomic E-state index is 12.5. The number of carbonyl (C=O) groups excluding carboxylic acids is 1. The molecule has 0 fully saturated rings. The molecule has 1 amide bonds. The number of nitrogens with one attached hydrogen (secondary N) is 1. The van der Waals surface area contributed by atoms with Crippen LogP contribution in [-0.4, -0.2) is 44.2 Å². The molecule has 0 spiro atoms. The molecule has 1 atom stereocenters. The fraction of sp³-hybridized carbons (Fsp3) is 0.381. The predicted molar refractivity (Wildman–Crippen MR) is 102 cm³/mol. The number of carbonyl (C=O) groups is 1. The lowest BCUT2D eigenvalue weighted by atomic mass is 9.99. The van der Waals surface area contributed by atoms with Crippen LogP contribution < -0.4 is 14.8 Å². The quantitative estimate of drug-likeness (QED) is 0.867. The van der Waals surface area contributed by atoms with Gasteiger partial charge in [0.2, 0.25) is 0 Å². The molecule has 2 aromatic rings. The lowest BCUT2D eigenvalue weighted by Gasteiger charge is -2.33. The first-order valence-corrected chi connectivity index (χ1v) is 8.93. The molecule has 0 saturated carbocycles. The lowest BCUT2D eigenvalue weighted by molar-refractivity contribution is 0.0932. The first kappa shape index (κ1) is 18.3. The summed E-state index contributed by atoms with van der Waals surface area (Å²) in [5.74, 6) is 1.07. The summed E-state index contributed by atoms with van der Waals surface area (Å²) in [7, 11) is 3.14. The van der Waals surface area contributed by atoms with E-state index < -0.39 is 0 Å². The van der Waals surface area contributed by atoms with Crippen LogP contribution in [0.2, 0.25) is 0 Å². The topological polar surface area (TPSA) is 50.8 Å². The number of benzene rings is 2. The Morgan fingerprint density at radius 2 is 1.85 bits per heavy atom. The van der Waals surface area contributed by atoms with Crippen LogP contribution in [0.15, 0.2) is 42.5 Å². The second-order valence-corrected chi connectivity index (χ2v) is 6.62. The van der Waals surface area contributed by atoms with Gasteiger partial charge in [-0.3, -0.25) is 9.69 Å². The molecule has 26 heavy (non-hydrogen) atoms. The standard InChI is InChI=1S/C21H26N2O3/c1-15(23-11-10-16-6-4-5-7-18(16)14-23)13-22-21(24)17-8-9-19(25-2)20(12-17)26-3/h4-9,12,15H,10-11,13-14H2,1-3H3,(H,22,24). The summed E-state index contributed by atoms with van der Waals surface area (Å²) in [6, 6.07) is 14.1. The van der Waals surface area contributed by atoms with E-state index in [-0.39, 0.29) is 11.9 Å². The highest BCUT2D eigenvalue weighted by atomic mass is 16.5. The fourth-order valence-electron chi connectivity index (χ4n) is 3.34. The molecular formula is C21H26N2O3. The van der Waals surface area contributed by atoms with Gasteiger partial charge in [-0.25, -0.2) is 0 Å². The molecule has 1 N–H and O–H groups in total. The van der Waals surface area contributed by atoms with Crippen LogP contribution in [0.3, 0.4) is 0 Å². The number of ether oxygens (including phenoxy) is 2. The normalized spacial score (nSPS) is 15.0. The Hall–Kier alpha value is -2.53. The van der Waals surface area contributed by atoms with E-state index in [2.05, 4.69) is 41.4 Å². The number of nitrogens with zero attached hydrogens (tertiary/aromatic N) is 1. The van der Waals surface area contributed by atoms with Gasteiger partial charge in [0.15, 0.2) is 11.5 Å². The summed E-state index contributed by atoms with van der Waals surface area (Å²) < 4.78 is 10.5. The summed E-state index contributed by atoms with van der Waals surface area (Å²) in [5, 5.41) is 3.03. The van der Waals surface area contributed by atoms with Gasteiger partial charge in [-0.15, -0.1) is 0 Å². The van der Waals surface area contributed by atoms with E-state index in [9.17, 15) is 4.79 Å². The first-order chi connectivity index (χ1) is 12.6. The van der Waals surface area contributed by atoms with Crippen LogP contribution in [0.5, 0.6) is 11.5 Å². The predicted octanol–water partition coefficient (Wildman–Crippen LogP) is 2.88. The van der Waals surface area contributed by atoms with E-state index in [1.54, 1.807) is 32.4 Å². The van der Waals surface area contributed by atoms with Crippen molar-refractivity contribution >= 4 is 5.91 Å². The van der Waals surface area contributed by atoms with E-state index >= 15 is 0 Å². The molecule has 1 unspecified atom stereocenters. The molecule has 2 aromatic carbocycles. The first-order valence-electron chi connectivity index (χ1n) is 8.93. The SMILES string of the molecule is COc1ccc(C(=O)NCC(C)N2CCc3ccccc3C2)cc1OC. The van der Waals surface area contributed by atoms with Crippen molar-refractivity contribution in [2.24, 2.45) is 0 Å². The molecule has 0 aliphatic carbocycles. The number of hydrogen-bond acceptors (Lipinski definition) is 4. The highest BCUT2D eigenvalue weighted by Gasteiger charge is 2.21. The second-order valence-electron chi connectivity index (χ2n) is 6.62. The number of amides is 1. The molecule has 0 saturated heterocycles. The minimum absolute atomic E-state index is 0.102. The maximum Gasteiger partial charge on any atom is 0.251 e. The molecule has 5 nitrogen and oxygen atoms in total. The number of rotatable bonds is 6. The minimum atomic E-state index is -0.102. The zero-order valence-electron chi connectivity index (χ0n) is 15.6. The van der Waals surface area contributed by atoms with Gasteiger partial charge in [-0.05, 0) is 42.7 Å². The molecule has 3 rings (SSSR count). The van der Waals surface area contributed by atoms with Crippen molar-refractivity contribution in [1.29, 1.82) is 0 Å². The van der Waals surface area contributed by atoms with E-state index in [1.165, 1.54) is 11.1 Å². The third-order valence-electron chi connectivity index (χ3n) is 4.99. The Kier molecular flexibility index (Phi) is 5.78. The van der Waals surface area contributed by atoms with E-state index in [4.69, 9.17) is 9.47 Å². The Morgan fingerprint density at radius 3 is 2.58 bits per heavy atom.